The lowest BCUT2D eigenvalue weighted by molar-refractivity contribution is 0.0899. The average Bonchev–Trinajstić information content (AvgIpc) is 2.97. The molecule has 1 fully saturated rings. The molecule has 1 aliphatic rings. The van der Waals surface area contributed by atoms with Crippen LogP contribution in [0.5, 0.6) is 0 Å². The second kappa shape index (κ2) is 7.84. The smallest absolute Gasteiger partial charge is 0.147 e. The third-order valence-electron chi connectivity index (χ3n) is 4.78. The minimum absolute atomic E-state index is 0.422. The number of piperidine rings is 1. The summed E-state index contributed by atoms with van der Waals surface area (Å²) in [6, 6.07) is 4.29. The Bertz CT molecular complexity index is 688. The minimum atomic E-state index is -1.05. The number of rotatable bonds is 7. The van der Waals surface area contributed by atoms with Crippen molar-refractivity contribution in [1.29, 1.82) is 0 Å². The van der Waals surface area contributed by atoms with Crippen molar-refractivity contribution in [3.63, 3.8) is 0 Å². The molecule has 0 aromatic carbocycles. The zero-order valence-electron chi connectivity index (χ0n) is 15.9. The number of ether oxygens (including phenoxy) is 1. The van der Waals surface area contributed by atoms with Gasteiger partial charge in [-0.1, -0.05) is 19.6 Å². The zero-order chi connectivity index (χ0) is 17.9. The van der Waals surface area contributed by atoms with Gasteiger partial charge in [-0.2, -0.15) is 0 Å². The van der Waals surface area contributed by atoms with Crippen LogP contribution in [0.1, 0.15) is 19.8 Å². The highest BCUT2D eigenvalue weighted by atomic mass is 28.3. The van der Waals surface area contributed by atoms with E-state index in [4.69, 9.17) is 4.74 Å². The van der Waals surface area contributed by atoms with Crippen molar-refractivity contribution < 1.29 is 4.74 Å². The van der Waals surface area contributed by atoms with Crippen LogP contribution in [-0.4, -0.2) is 47.8 Å². The van der Waals surface area contributed by atoms with Gasteiger partial charge in [-0.3, -0.25) is 0 Å². The van der Waals surface area contributed by atoms with Crippen LogP contribution < -0.4 is 10.6 Å². The van der Waals surface area contributed by atoms with Gasteiger partial charge < -0.3 is 19.9 Å². The fraction of sp³-hybridized carbons (Fsp3) is 0.667. The molecule has 0 bridgehead atoms. The van der Waals surface area contributed by atoms with Gasteiger partial charge in [0, 0.05) is 39.5 Å². The summed E-state index contributed by atoms with van der Waals surface area (Å²) < 4.78 is 7.93. The molecule has 0 amide bonds. The van der Waals surface area contributed by atoms with E-state index in [1.54, 1.807) is 6.33 Å². The van der Waals surface area contributed by atoms with Crippen molar-refractivity contribution in [2.45, 2.75) is 64.3 Å². The van der Waals surface area contributed by atoms with Crippen molar-refractivity contribution in [3.05, 3.63) is 18.6 Å². The lowest BCUT2D eigenvalue weighted by Gasteiger charge is -2.28. The van der Waals surface area contributed by atoms with Gasteiger partial charge in [0.05, 0.1) is 5.39 Å². The number of fused-ring (bicyclic) bond motifs is 1. The molecule has 1 saturated heterocycles. The molecule has 2 atom stereocenters. The van der Waals surface area contributed by atoms with Gasteiger partial charge in [-0.05, 0) is 31.9 Å². The molecular formula is C18H31N5OSi. The molecule has 0 aliphatic carbocycles. The molecule has 7 heteroatoms. The van der Waals surface area contributed by atoms with E-state index in [1.165, 1.54) is 18.9 Å². The van der Waals surface area contributed by atoms with Crippen LogP contribution >= 0.6 is 0 Å². The van der Waals surface area contributed by atoms with Crippen molar-refractivity contribution in [3.8, 4) is 0 Å². The SMILES string of the molecule is C[C@H]1CC[C@@H](Nc2ncnc3c2ccn3COCC[Si](C)(C)C)CN1. The highest BCUT2D eigenvalue weighted by Crippen LogP contribution is 2.22. The Labute approximate surface area is 151 Å². The highest BCUT2D eigenvalue weighted by molar-refractivity contribution is 6.76. The van der Waals surface area contributed by atoms with E-state index in [0.717, 1.165) is 30.0 Å². The molecule has 6 nitrogen and oxygen atoms in total. The van der Waals surface area contributed by atoms with Crippen LogP contribution in [-0.2, 0) is 11.5 Å². The van der Waals surface area contributed by atoms with Gasteiger partial charge in [-0.15, -0.1) is 0 Å². The van der Waals surface area contributed by atoms with E-state index < -0.39 is 8.07 Å². The van der Waals surface area contributed by atoms with E-state index in [-0.39, 0.29) is 0 Å². The first-order valence-electron chi connectivity index (χ1n) is 9.30. The maximum Gasteiger partial charge on any atom is 0.147 e. The molecule has 0 spiro atoms. The van der Waals surface area contributed by atoms with Gasteiger partial charge in [0.25, 0.3) is 0 Å². The molecular weight excluding hydrogens is 330 g/mol. The highest BCUT2D eigenvalue weighted by Gasteiger charge is 2.19. The molecule has 3 rings (SSSR count). The Morgan fingerprint density at radius 1 is 1.32 bits per heavy atom. The Morgan fingerprint density at radius 2 is 2.16 bits per heavy atom. The van der Waals surface area contributed by atoms with E-state index in [0.29, 0.717) is 18.8 Å². The van der Waals surface area contributed by atoms with Crippen LogP contribution in [0.3, 0.4) is 0 Å². The number of hydrogen-bond donors (Lipinski definition) is 2. The first-order chi connectivity index (χ1) is 11.9. The van der Waals surface area contributed by atoms with Crippen LogP contribution in [0.15, 0.2) is 18.6 Å². The zero-order valence-corrected chi connectivity index (χ0v) is 16.9. The van der Waals surface area contributed by atoms with E-state index in [2.05, 4.69) is 57.8 Å². The Kier molecular flexibility index (Phi) is 5.76. The summed E-state index contributed by atoms with van der Waals surface area (Å²) in [5, 5.41) is 8.17. The third-order valence-corrected chi connectivity index (χ3v) is 6.49. The van der Waals surface area contributed by atoms with Gasteiger partial charge in [0.15, 0.2) is 0 Å². The summed E-state index contributed by atoms with van der Waals surface area (Å²) in [6.45, 7) is 11.7. The Hall–Kier alpha value is -1.44. The molecule has 0 radical (unpaired) electrons. The maximum atomic E-state index is 5.87. The topological polar surface area (TPSA) is 64.0 Å². The molecule has 0 unspecified atom stereocenters. The minimum Gasteiger partial charge on any atom is -0.365 e. The van der Waals surface area contributed by atoms with Crippen molar-refractivity contribution in [2.75, 3.05) is 18.5 Å². The van der Waals surface area contributed by atoms with Crippen LogP contribution in [0.4, 0.5) is 5.82 Å². The van der Waals surface area contributed by atoms with Crippen LogP contribution in [0, 0.1) is 0 Å². The fourth-order valence-corrected chi connectivity index (χ4v) is 3.84. The first-order valence-corrected chi connectivity index (χ1v) is 13.0. The second-order valence-corrected chi connectivity index (χ2v) is 13.9. The van der Waals surface area contributed by atoms with Crippen LogP contribution in [0.25, 0.3) is 11.0 Å². The number of hydrogen-bond acceptors (Lipinski definition) is 5. The number of nitrogens with one attached hydrogen (secondary N) is 2. The summed E-state index contributed by atoms with van der Waals surface area (Å²) in [5.41, 5.74) is 0.933. The monoisotopic (exact) mass is 361 g/mol. The quantitative estimate of drug-likeness (QED) is 0.585. The number of anilines is 1. The van der Waals surface area contributed by atoms with E-state index in [1.807, 2.05) is 6.20 Å². The molecule has 1 aliphatic heterocycles. The molecule has 2 N–H and O–H groups in total. The standard InChI is InChI=1S/C18H31N5OSi/c1-14-5-6-15(11-19-14)22-17-16-7-8-23(18(16)21-12-20-17)13-24-9-10-25(2,3)4/h7-8,12,14-15,19H,5-6,9-11,13H2,1-4H3,(H,20,21,22)/t14-,15+/m0/s1. The molecule has 138 valence electrons. The average molecular weight is 362 g/mol. The largest absolute Gasteiger partial charge is 0.365 e. The Morgan fingerprint density at radius 3 is 2.88 bits per heavy atom. The van der Waals surface area contributed by atoms with Gasteiger partial charge in [0.1, 0.15) is 24.5 Å². The van der Waals surface area contributed by atoms with Gasteiger partial charge >= 0.3 is 0 Å². The lowest BCUT2D eigenvalue weighted by atomic mass is 10.0. The normalized spacial score (nSPS) is 21.6. The van der Waals surface area contributed by atoms with Crippen molar-refractivity contribution >= 4 is 24.9 Å². The number of aromatic nitrogens is 3. The summed E-state index contributed by atoms with van der Waals surface area (Å²) in [7, 11) is -1.05. The fourth-order valence-electron chi connectivity index (χ4n) is 3.08. The lowest BCUT2D eigenvalue weighted by Crippen LogP contribution is -2.43. The van der Waals surface area contributed by atoms with Gasteiger partial charge in [-0.25, -0.2) is 9.97 Å². The summed E-state index contributed by atoms with van der Waals surface area (Å²) in [5.74, 6) is 0.923. The summed E-state index contributed by atoms with van der Waals surface area (Å²) in [6.07, 6.45) is 6.04. The molecule has 25 heavy (non-hydrogen) atoms. The molecule has 2 aromatic heterocycles. The van der Waals surface area contributed by atoms with E-state index >= 15 is 0 Å². The van der Waals surface area contributed by atoms with Crippen LogP contribution in [0.2, 0.25) is 25.7 Å². The second-order valence-electron chi connectivity index (χ2n) is 8.32. The predicted octanol–water partition coefficient (Wildman–Crippen LogP) is 3.30. The molecule has 3 heterocycles. The Balaban J connectivity index is 1.63. The van der Waals surface area contributed by atoms with Gasteiger partial charge in [0.2, 0.25) is 0 Å². The number of nitrogens with zero attached hydrogens (tertiary/aromatic N) is 3. The summed E-state index contributed by atoms with van der Waals surface area (Å²) >= 11 is 0. The van der Waals surface area contributed by atoms with Crippen molar-refractivity contribution in [2.24, 2.45) is 0 Å². The maximum absolute atomic E-state index is 5.87. The van der Waals surface area contributed by atoms with E-state index in [9.17, 15) is 0 Å². The van der Waals surface area contributed by atoms with Crippen molar-refractivity contribution in [1.82, 2.24) is 19.9 Å². The molecule has 2 aromatic rings. The predicted molar refractivity (Wildman–Crippen MR) is 106 cm³/mol. The first kappa shape index (κ1) is 18.4. The third kappa shape index (κ3) is 5.02. The summed E-state index contributed by atoms with van der Waals surface area (Å²) in [4.78, 5) is 8.92. The molecule has 0 saturated carbocycles.